The number of hydrogen-bond acceptors (Lipinski definition) is 3. The van der Waals surface area contributed by atoms with Gasteiger partial charge in [0.05, 0.1) is 5.56 Å². The largest absolute Gasteiger partial charge is 0.396 e. The normalized spacial score (nSPS) is 12.0. The number of carbonyl (C=O) groups is 1. The zero-order chi connectivity index (χ0) is 17.6. The minimum Gasteiger partial charge on any atom is -0.396 e. The number of rotatable bonds is 6. The number of aromatic amines is 1. The Morgan fingerprint density at radius 1 is 1.08 bits per heavy atom. The number of para-hydroxylation sites is 1. The van der Waals surface area contributed by atoms with E-state index in [2.05, 4.69) is 10.3 Å². The van der Waals surface area contributed by atoms with Crippen LogP contribution in [0.1, 0.15) is 28.3 Å². The molecule has 3 rings (SSSR count). The summed E-state index contributed by atoms with van der Waals surface area (Å²) in [5.74, 6) is -0.274. The van der Waals surface area contributed by atoms with Crippen LogP contribution < -0.4 is 10.9 Å². The summed E-state index contributed by atoms with van der Waals surface area (Å²) >= 11 is 0. The van der Waals surface area contributed by atoms with E-state index in [1.807, 2.05) is 48.5 Å². The molecule has 0 aliphatic rings. The average Bonchev–Trinajstić information content (AvgIpc) is 2.64. The van der Waals surface area contributed by atoms with Crippen LogP contribution in [0.2, 0.25) is 0 Å². The van der Waals surface area contributed by atoms with Gasteiger partial charge in [-0.25, -0.2) is 0 Å². The third-order valence-electron chi connectivity index (χ3n) is 4.25. The first-order valence-corrected chi connectivity index (χ1v) is 8.25. The van der Waals surface area contributed by atoms with Gasteiger partial charge >= 0.3 is 0 Å². The molecule has 25 heavy (non-hydrogen) atoms. The molecule has 1 aromatic heterocycles. The second-order valence-corrected chi connectivity index (χ2v) is 5.92. The molecular formula is C20H20N2O3. The number of carbonyl (C=O) groups excluding carboxylic acids is 1. The summed E-state index contributed by atoms with van der Waals surface area (Å²) in [6, 6.07) is 18.3. The van der Waals surface area contributed by atoms with E-state index < -0.39 is 0 Å². The van der Waals surface area contributed by atoms with E-state index in [9.17, 15) is 14.7 Å². The minimum absolute atomic E-state index is 0.0170. The Kier molecular flexibility index (Phi) is 5.26. The highest BCUT2D eigenvalue weighted by molar-refractivity contribution is 6.05. The topological polar surface area (TPSA) is 82.2 Å². The fraction of sp³-hybridized carbons (Fsp3) is 0.200. The van der Waals surface area contributed by atoms with Crippen molar-refractivity contribution < 1.29 is 9.90 Å². The molecule has 0 spiro atoms. The zero-order valence-electron chi connectivity index (χ0n) is 13.7. The van der Waals surface area contributed by atoms with Crippen molar-refractivity contribution in [2.75, 3.05) is 13.2 Å². The fourth-order valence-electron chi connectivity index (χ4n) is 2.97. The number of pyridine rings is 1. The summed E-state index contributed by atoms with van der Waals surface area (Å²) in [5, 5.41) is 12.9. The quantitative estimate of drug-likeness (QED) is 0.646. The molecule has 0 fully saturated rings. The van der Waals surface area contributed by atoms with Gasteiger partial charge in [0.15, 0.2) is 0 Å². The Balaban J connectivity index is 1.81. The van der Waals surface area contributed by atoms with Gasteiger partial charge in [-0.15, -0.1) is 0 Å². The third kappa shape index (κ3) is 3.95. The van der Waals surface area contributed by atoms with Crippen LogP contribution in [0.5, 0.6) is 0 Å². The Morgan fingerprint density at radius 3 is 2.56 bits per heavy atom. The van der Waals surface area contributed by atoms with Crippen LogP contribution in [0.4, 0.5) is 0 Å². The predicted molar refractivity (Wildman–Crippen MR) is 97.8 cm³/mol. The number of aliphatic hydroxyl groups excluding tert-OH is 1. The monoisotopic (exact) mass is 336 g/mol. The van der Waals surface area contributed by atoms with Gasteiger partial charge in [0.25, 0.3) is 5.91 Å². The summed E-state index contributed by atoms with van der Waals surface area (Å²) in [6.45, 7) is 0.438. The molecule has 3 N–H and O–H groups in total. The first-order chi connectivity index (χ1) is 12.2. The van der Waals surface area contributed by atoms with Gasteiger partial charge in [-0.2, -0.15) is 0 Å². The lowest BCUT2D eigenvalue weighted by Crippen LogP contribution is -2.30. The number of benzene rings is 2. The van der Waals surface area contributed by atoms with Crippen LogP contribution in [0.25, 0.3) is 10.9 Å². The highest BCUT2D eigenvalue weighted by Gasteiger charge is 2.15. The molecule has 0 aliphatic heterocycles. The molecular weight excluding hydrogens is 316 g/mol. The maximum Gasteiger partial charge on any atom is 0.252 e. The van der Waals surface area contributed by atoms with E-state index in [1.165, 1.54) is 6.07 Å². The highest BCUT2D eigenvalue weighted by atomic mass is 16.3. The van der Waals surface area contributed by atoms with Gasteiger partial charge in [0, 0.05) is 36.0 Å². The van der Waals surface area contributed by atoms with Gasteiger partial charge < -0.3 is 15.4 Å². The molecule has 1 amide bonds. The zero-order valence-corrected chi connectivity index (χ0v) is 13.7. The van der Waals surface area contributed by atoms with E-state index in [0.717, 1.165) is 5.56 Å². The minimum atomic E-state index is -0.307. The van der Waals surface area contributed by atoms with Crippen LogP contribution >= 0.6 is 0 Å². The molecule has 0 bridgehead atoms. The van der Waals surface area contributed by atoms with Crippen molar-refractivity contribution in [3.05, 3.63) is 82.1 Å². The molecule has 5 nitrogen and oxygen atoms in total. The SMILES string of the molecule is O=C(NCC(CCO)c1ccccc1)c1cc(=O)[nH]c2ccccc12. The van der Waals surface area contributed by atoms with Crippen LogP contribution in [-0.2, 0) is 0 Å². The van der Waals surface area contributed by atoms with Crippen molar-refractivity contribution in [2.45, 2.75) is 12.3 Å². The van der Waals surface area contributed by atoms with Crippen LogP contribution in [0.3, 0.4) is 0 Å². The summed E-state index contributed by atoms with van der Waals surface area (Å²) in [4.78, 5) is 27.2. The molecule has 0 aliphatic carbocycles. The smallest absolute Gasteiger partial charge is 0.252 e. The summed E-state index contributed by atoms with van der Waals surface area (Å²) in [7, 11) is 0. The van der Waals surface area contributed by atoms with Gasteiger partial charge in [-0.05, 0) is 18.1 Å². The van der Waals surface area contributed by atoms with Crippen LogP contribution in [0, 0.1) is 0 Å². The number of H-pyrrole nitrogens is 1. The van der Waals surface area contributed by atoms with E-state index in [4.69, 9.17) is 0 Å². The Bertz CT molecular complexity index is 919. The van der Waals surface area contributed by atoms with E-state index in [-0.39, 0.29) is 24.0 Å². The molecule has 0 saturated heterocycles. The lowest BCUT2D eigenvalue weighted by Gasteiger charge is -2.17. The molecule has 1 atom stereocenters. The number of amides is 1. The standard InChI is InChI=1S/C20H20N2O3/c23-11-10-15(14-6-2-1-3-7-14)13-21-20(25)17-12-19(24)22-18-9-5-4-8-16(17)18/h1-9,12,15,23H,10-11,13H2,(H,21,25)(H,22,24). The lowest BCUT2D eigenvalue weighted by molar-refractivity contribution is 0.0951. The number of aliphatic hydroxyl groups is 1. The van der Waals surface area contributed by atoms with E-state index in [0.29, 0.717) is 29.4 Å². The molecule has 3 aromatic rings. The summed E-state index contributed by atoms with van der Waals surface area (Å²) < 4.78 is 0. The molecule has 0 radical (unpaired) electrons. The van der Waals surface area contributed by atoms with E-state index >= 15 is 0 Å². The van der Waals surface area contributed by atoms with Gasteiger partial charge in [-0.3, -0.25) is 9.59 Å². The average molecular weight is 336 g/mol. The first kappa shape index (κ1) is 16.9. The van der Waals surface area contributed by atoms with Crippen molar-refractivity contribution in [3.8, 4) is 0 Å². The van der Waals surface area contributed by atoms with Gasteiger partial charge in [0.2, 0.25) is 5.56 Å². The summed E-state index contributed by atoms with van der Waals surface area (Å²) in [6.07, 6.45) is 0.556. The van der Waals surface area contributed by atoms with Gasteiger partial charge in [-0.1, -0.05) is 48.5 Å². The third-order valence-corrected chi connectivity index (χ3v) is 4.25. The first-order valence-electron chi connectivity index (χ1n) is 8.25. The maximum atomic E-state index is 12.6. The van der Waals surface area contributed by atoms with Crippen LogP contribution in [0.15, 0.2) is 65.5 Å². The van der Waals surface area contributed by atoms with Crippen LogP contribution in [-0.4, -0.2) is 29.1 Å². The summed E-state index contributed by atoms with van der Waals surface area (Å²) in [5.41, 5.74) is 1.75. The molecule has 1 heterocycles. The van der Waals surface area contributed by atoms with Crippen molar-refractivity contribution in [2.24, 2.45) is 0 Å². The van der Waals surface area contributed by atoms with Crippen molar-refractivity contribution in [3.63, 3.8) is 0 Å². The van der Waals surface area contributed by atoms with Crippen molar-refractivity contribution >= 4 is 16.8 Å². The number of aromatic nitrogens is 1. The second kappa shape index (κ2) is 7.77. The molecule has 2 aromatic carbocycles. The molecule has 0 saturated carbocycles. The predicted octanol–water partition coefficient (Wildman–Crippen LogP) is 2.42. The molecule has 128 valence electrons. The number of fused-ring (bicyclic) bond motifs is 1. The Hall–Kier alpha value is -2.92. The number of nitrogens with one attached hydrogen (secondary N) is 2. The van der Waals surface area contributed by atoms with E-state index in [1.54, 1.807) is 6.07 Å². The maximum absolute atomic E-state index is 12.6. The Morgan fingerprint density at radius 2 is 1.80 bits per heavy atom. The van der Waals surface area contributed by atoms with Crippen molar-refractivity contribution in [1.29, 1.82) is 0 Å². The van der Waals surface area contributed by atoms with Crippen molar-refractivity contribution in [1.82, 2.24) is 10.3 Å². The molecule has 1 unspecified atom stereocenters. The van der Waals surface area contributed by atoms with Gasteiger partial charge in [0.1, 0.15) is 0 Å². The molecule has 5 heteroatoms. The lowest BCUT2D eigenvalue weighted by atomic mass is 9.96. The fourth-order valence-corrected chi connectivity index (χ4v) is 2.97. The second-order valence-electron chi connectivity index (χ2n) is 5.92. The Labute approximate surface area is 145 Å². The highest BCUT2D eigenvalue weighted by Crippen LogP contribution is 2.19. The number of hydrogen-bond donors (Lipinski definition) is 3.